The third kappa shape index (κ3) is 8.31. The number of carboxylic acid groups (broad SMARTS) is 1. The minimum Gasteiger partial charge on any atom is -0.497 e. The molecule has 1 aliphatic carbocycles. The van der Waals surface area contributed by atoms with Crippen molar-refractivity contribution in [3.63, 3.8) is 0 Å². The van der Waals surface area contributed by atoms with Gasteiger partial charge in [0.25, 0.3) is 5.92 Å². The summed E-state index contributed by atoms with van der Waals surface area (Å²) in [6, 6.07) is 3.04. The van der Waals surface area contributed by atoms with Crippen LogP contribution in [0.3, 0.4) is 0 Å². The number of benzene rings is 1. The van der Waals surface area contributed by atoms with Crippen molar-refractivity contribution in [2.24, 2.45) is 17.3 Å². The van der Waals surface area contributed by atoms with E-state index < -0.39 is 59.7 Å². The maximum absolute atomic E-state index is 15.9. The maximum Gasteiger partial charge on any atom is 0.408 e. The first-order chi connectivity index (χ1) is 21.7. The van der Waals surface area contributed by atoms with E-state index in [0.29, 0.717) is 36.9 Å². The number of carboxylic acids is 1. The van der Waals surface area contributed by atoms with E-state index in [2.05, 4.69) is 20.6 Å². The number of rotatable bonds is 14. The topological polar surface area (TPSA) is 158 Å². The quantitative estimate of drug-likeness (QED) is 0.190. The lowest BCUT2D eigenvalue weighted by Gasteiger charge is -2.27. The van der Waals surface area contributed by atoms with Crippen molar-refractivity contribution < 1.29 is 47.2 Å². The van der Waals surface area contributed by atoms with Gasteiger partial charge in [0.05, 0.1) is 25.3 Å². The second kappa shape index (κ2) is 14.3. The summed E-state index contributed by atoms with van der Waals surface area (Å²) in [5, 5.41) is 14.9. The molecular weight excluding hydrogens is 606 g/mol. The zero-order valence-corrected chi connectivity index (χ0v) is 27.1. The van der Waals surface area contributed by atoms with Crippen LogP contribution in [-0.2, 0) is 25.0 Å². The summed E-state index contributed by atoms with van der Waals surface area (Å²) in [5.41, 5.74) is -0.681. The molecule has 4 rings (SSSR count). The molecule has 2 aliphatic rings. The molecule has 1 aliphatic heterocycles. The predicted octanol–water partition coefficient (Wildman–Crippen LogP) is 4.82. The van der Waals surface area contributed by atoms with Gasteiger partial charge in [0.1, 0.15) is 30.0 Å². The Kier molecular flexibility index (Phi) is 10.9. The van der Waals surface area contributed by atoms with E-state index in [-0.39, 0.29) is 42.3 Å². The zero-order valence-electron chi connectivity index (χ0n) is 27.1. The molecule has 0 unspecified atom stereocenters. The van der Waals surface area contributed by atoms with E-state index >= 15 is 8.78 Å². The molecule has 14 heteroatoms. The van der Waals surface area contributed by atoms with Gasteiger partial charge in [-0.05, 0) is 49.1 Å². The summed E-state index contributed by atoms with van der Waals surface area (Å²) in [6.45, 7) is 7.23. The molecule has 1 saturated heterocycles. The number of aliphatic carboxylic acids is 1. The van der Waals surface area contributed by atoms with Crippen LogP contribution in [0.5, 0.6) is 11.6 Å². The molecule has 12 nitrogen and oxygen atoms in total. The number of ether oxygens (including phenoxy) is 4. The smallest absolute Gasteiger partial charge is 0.408 e. The standard InChI is InChI=1S/C32H44F2N4O8/c1-7-19-23(16-35-24(19)29(41)44-6)45-27-25(36-20-12-11-18(43-5)15-21(20)37-27)32(33,34)13-9-8-10-17-14-22(17)46-30(42)38-26(28(39)40)31(2,3)4/h11-12,15,17,19,22-24,26,35H,7-10,13-14,16H2,1-6H3,(H,38,42)(H,39,40)/t17-,19+,22-,23-,24-,26+/m0/s1. The molecule has 0 bridgehead atoms. The largest absolute Gasteiger partial charge is 0.497 e. The number of alkyl halides is 2. The molecular formula is C32H44F2N4O8. The number of nitrogens with zero attached hydrogens (tertiary/aromatic N) is 2. The fourth-order valence-corrected chi connectivity index (χ4v) is 5.86. The number of hydrogen-bond donors (Lipinski definition) is 3. The number of aromatic nitrogens is 2. The number of carbonyl (C=O) groups excluding carboxylic acids is 2. The number of nitrogens with one attached hydrogen (secondary N) is 2. The van der Waals surface area contributed by atoms with E-state index in [9.17, 15) is 19.5 Å². The first-order valence-electron chi connectivity index (χ1n) is 15.6. The summed E-state index contributed by atoms with van der Waals surface area (Å²) in [5.74, 6) is -5.08. The number of methoxy groups -OCH3 is 2. The molecule has 2 aromatic rings. The van der Waals surface area contributed by atoms with Crippen LogP contribution in [0.4, 0.5) is 13.6 Å². The molecule has 1 aromatic heterocycles. The van der Waals surface area contributed by atoms with Gasteiger partial charge in [-0.15, -0.1) is 0 Å². The predicted molar refractivity (Wildman–Crippen MR) is 163 cm³/mol. The van der Waals surface area contributed by atoms with E-state index in [1.54, 1.807) is 39.0 Å². The van der Waals surface area contributed by atoms with Gasteiger partial charge in [0.2, 0.25) is 5.88 Å². The Morgan fingerprint density at radius 1 is 1.11 bits per heavy atom. The van der Waals surface area contributed by atoms with Gasteiger partial charge in [0, 0.05) is 24.9 Å². The van der Waals surface area contributed by atoms with Gasteiger partial charge >= 0.3 is 18.0 Å². The van der Waals surface area contributed by atoms with Crippen molar-refractivity contribution >= 4 is 29.1 Å². The minimum absolute atomic E-state index is 0.0234. The third-order valence-corrected chi connectivity index (χ3v) is 8.63. The van der Waals surface area contributed by atoms with Crippen molar-refractivity contribution in [2.75, 3.05) is 20.8 Å². The van der Waals surface area contributed by atoms with E-state index in [0.717, 1.165) is 0 Å². The minimum atomic E-state index is -3.37. The lowest BCUT2D eigenvalue weighted by Crippen LogP contribution is -2.49. The van der Waals surface area contributed by atoms with Crippen LogP contribution < -0.4 is 20.1 Å². The van der Waals surface area contributed by atoms with Crippen LogP contribution in [-0.4, -0.2) is 78.2 Å². The van der Waals surface area contributed by atoms with Crippen molar-refractivity contribution in [1.29, 1.82) is 0 Å². The van der Waals surface area contributed by atoms with Crippen molar-refractivity contribution in [2.45, 2.75) is 96.4 Å². The van der Waals surface area contributed by atoms with Gasteiger partial charge in [-0.2, -0.15) is 8.78 Å². The Hall–Kier alpha value is -3.81. The Labute approximate surface area is 266 Å². The normalized spacial score (nSPS) is 23.4. The second-order valence-electron chi connectivity index (χ2n) is 13.0. The lowest BCUT2D eigenvalue weighted by molar-refractivity contribution is -0.144. The highest BCUT2D eigenvalue weighted by atomic mass is 19.3. The van der Waals surface area contributed by atoms with Crippen LogP contribution in [0.2, 0.25) is 0 Å². The summed E-state index contributed by atoms with van der Waals surface area (Å²) < 4.78 is 53.3. The van der Waals surface area contributed by atoms with Crippen LogP contribution in [0.1, 0.15) is 71.9 Å². The maximum atomic E-state index is 15.9. The van der Waals surface area contributed by atoms with Crippen LogP contribution in [0, 0.1) is 17.3 Å². The fraction of sp³-hybridized carbons (Fsp3) is 0.656. The van der Waals surface area contributed by atoms with Gasteiger partial charge in [-0.25, -0.2) is 19.6 Å². The average molecular weight is 651 g/mol. The lowest BCUT2D eigenvalue weighted by atomic mass is 9.87. The molecule has 0 spiro atoms. The first-order valence-corrected chi connectivity index (χ1v) is 15.6. The van der Waals surface area contributed by atoms with E-state index in [1.165, 1.54) is 14.2 Å². The molecule has 46 heavy (non-hydrogen) atoms. The van der Waals surface area contributed by atoms with E-state index in [4.69, 9.17) is 18.9 Å². The Bertz CT molecular complexity index is 1420. The number of hydrogen-bond acceptors (Lipinski definition) is 10. The summed E-state index contributed by atoms with van der Waals surface area (Å²) in [6.07, 6.45) is 0.0408. The number of amides is 1. The SMILES string of the molecule is CC[C@@H]1[C@@H](Oc2nc3cc(OC)ccc3nc2C(F)(F)CCCC[C@H]2C[C@@H]2OC(=O)N[C@H](C(=O)O)C(C)(C)C)CN[C@@H]1C(=O)OC. The van der Waals surface area contributed by atoms with Crippen molar-refractivity contribution in [1.82, 2.24) is 20.6 Å². The van der Waals surface area contributed by atoms with Gasteiger partial charge in [-0.3, -0.25) is 4.79 Å². The molecule has 2 fully saturated rings. The number of halogens is 2. The highest BCUT2D eigenvalue weighted by Crippen LogP contribution is 2.42. The number of unbranched alkanes of at least 4 members (excludes halogenated alkanes) is 1. The molecule has 3 N–H and O–H groups in total. The zero-order chi connectivity index (χ0) is 33.8. The molecule has 1 aromatic carbocycles. The van der Waals surface area contributed by atoms with Gasteiger partial charge in [0.15, 0.2) is 5.69 Å². The van der Waals surface area contributed by atoms with Crippen LogP contribution >= 0.6 is 0 Å². The number of alkyl carbamates (subject to hydrolysis) is 1. The molecule has 1 amide bonds. The highest BCUT2D eigenvalue weighted by molar-refractivity contribution is 5.81. The van der Waals surface area contributed by atoms with E-state index in [1.807, 2.05) is 6.92 Å². The molecule has 1 saturated carbocycles. The van der Waals surface area contributed by atoms with Gasteiger partial charge < -0.3 is 34.7 Å². The summed E-state index contributed by atoms with van der Waals surface area (Å²) >= 11 is 0. The van der Waals surface area contributed by atoms with Gasteiger partial charge in [-0.1, -0.05) is 34.1 Å². The molecule has 254 valence electrons. The third-order valence-electron chi connectivity index (χ3n) is 8.63. The Balaban J connectivity index is 1.40. The monoisotopic (exact) mass is 650 g/mol. The summed E-state index contributed by atoms with van der Waals surface area (Å²) in [7, 11) is 2.79. The summed E-state index contributed by atoms with van der Waals surface area (Å²) in [4.78, 5) is 44.8. The number of esters is 1. The second-order valence-corrected chi connectivity index (χ2v) is 13.0. The fourth-order valence-electron chi connectivity index (χ4n) is 5.86. The molecule has 2 heterocycles. The van der Waals surface area contributed by atoms with Crippen LogP contribution in [0.15, 0.2) is 18.2 Å². The molecule has 6 atom stereocenters. The highest BCUT2D eigenvalue weighted by Gasteiger charge is 2.45. The Morgan fingerprint density at radius 2 is 1.85 bits per heavy atom. The van der Waals surface area contributed by atoms with Crippen molar-refractivity contribution in [3.05, 3.63) is 23.9 Å². The number of fused-ring (bicyclic) bond motifs is 1. The van der Waals surface area contributed by atoms with Crippen LogP contribution in [0.25, 0.3) is 11.0 Å². The first kappa shape index (κ1) is 35.1. The Morgan fingerprint density at radius 3 is 2.48 bits per heavy atom. The average Bonchev–Trinajstić information content (AvgIpc) is 3.61. The number of carbonyl (C=O) groups is 3. The molecule has 0 radical (unpaired) electrons. The van der Waals surface area contributed by atoms with Crippen molar-refractivity contribution in [3.8, 4) is 11.6 Å².